The van der Waals surface area contributed by atoms with Gasteiger partial charge >= 0.3 is 12.1 Å². The van der Waals surface area contributed by atoms with Gasteiger partial charge in [-0.15, -0.1) is 0 Å². The minimum Gasteiger partial charge on any atom is -0.481 e. The maximum atomic E-state index is 14.6. The summed E-state index contributed by atoms with van der Waals surface area (Å²) in [7, 11) is 0. The highest BCUT2D eigenvalue weighted by Crippen LogP contribution is 2.67. The molecule has 0 unspecified atom stereocenters. The normalized spacial score (nSPS) is 29.6. The molecule has 12 heteroatoms. The monoisotopic (exact) mass is 599 g/mol. The SMILES string of the molecule is CC1(C)[C@@H]2C[C@H](N(C[C@@H](O)c3c(F)cccc3Cl)C(=O)c3cnn([C@H]4CC[C@](C)(C(=O)O)CC4)c3C(F)(F)F)C[C@@H]21. The first-order valence-electron chi connectivity index (χ1n) is 13.9. The number of benzene rings is 1. The molecule has 1 heterocycles. The third kappa shape index (κ3) is 5.24. The molecule has 41 heavy (non-hydrogen) atoms. The zero-order valence-electron chi connectivity index (χ0n) is 23.1. The van der Waals surface area contributed by atoms with Gasteiger partial charge in [-0.05, 0) is 74.8 Å². The van der Waals surface area contributed by atoms with E-state index < -0.39 is 65.3 Å². The molecule has 7 nitrogen and oxygen atoms in total. The maximum absolute atomic E-state index is 14.6. The fourth-order valence-electron chi connectivity index (χ4n) is 7.17. The number of aromatic nitrogens is 2. The van der Waals surface area contributed by atoms with Gasteiger partial charge in [-0.2, -0.15) is 18.3 Å². The second-order valence-corrected chi connectivity index (χ2v) is 13.1. The molecule has 2 aromatic rings. The van der Waals surface area contributed by atoms with Crippen LogP contribution in [-0.2, 0) is 11.0 Å². The molecule has 3 aliphatic carbocycles. The lowest BCUT2D eigenvalue weighted by Crippen LogP contribution is -2.43. The fraction of sp³-hybridized carbons (Fsp3) is 0.621. The summed E-state index contributed by atoms with van der Waals surface area (Å²) in [5.41, 5.74) is -3.01. The van der Waals surface area contributed by atoms with Crippen molar-refractivity contribution in [3.63, 3.8) is 0 Å². The first-order chi connectivity index (χ1) is 19.1. The van der Waals surface area contributed by atoms with Crippen LogP contribution in [0.2, 0.25) is 5.02 Å². The molecule has 4 atom stereocenters. The summed E-state index contributed by atoms with van der Waals surface area (Å²) in [6.07, 6.45) is -3.77. The second-order valence-electron chi connectivity index (χ2n) is 12.7. The molecule has 3 saturated carbocycles. The lowest BCUT2D eigenvalue weighted by Gasteiger charge is -2.35. The number of carboxylic acid groups (broad SMARTS) is 1. The number of halogens is 5. The number of aliphatic hydroxyl groups is 1. The average Bonchev–Trinajstić information content (AvgIpc) is 3.30. The third-order valence-corrected chi connectivity index (χ3v) is 10.3. The summed E-state index contributed by atoms with van der Waals surface area (Å²) in [5, 5.41) is 24.5. The number of nitrogens with zero attached hydrogens (tertiary/aromatic N) is 3. The van der Waals surface area contributed by atoms with Gasteiger partial charge in [0.15, 0.2) is 5.69 Å². The number of carboxylic acids is 1. The number of carbonyl (C=O) groups excluding carboxylic acids is 1. The zero-order chi connectivity index (χ0) is 30.1. The van der Waals surface area contributed by atoms with Crippen LogP contribution in [0.25, 0.3) is 0 Å². The van der Waals surface area contributed by atoms with Crippen LogP contribution < -0.4 is 0 Å². The number of aliphatic hydroxyl groups excluding tert-OH is 1. The number of hydrogen-bond acceptors (Lipinski definition) is 4. The van der Waals surface area contributed by atoms with Crippen LogP contribution in [-0.4, -0.2) is 49.4 Å². The van der Waals surface area contributed by atoms with E-state index in [4.69, 9.17) is 11.6 Å². The Bertz CT molecular complexity index is 1320. The van der Waals surface area contributed by atoms with Gasteiger partial charge in [-0.25, -0.2) is 4.39 Å². The van der Waals surface area contributed by atoms with Gasteiger partial charge in [0.2, 0.25) is 0 Å². The summed E-state index contributed by atoms with van der Waals surface area (Å²) in [4.78, 5) is 26.8. The molecule has 3 fully saturated rings. The van der Waals surface area contributed by atoms with Crippen LogP contribution in [0.15, 0.2) is 24.4 Å². The number of alkyl halides is 3. The molecule has 1 amide bonds. The summed E-state index contributed by atoms with van der Waals surface area (Å²) in [6.45, 7) is 5.37. The molecular weight excluding hydrogens is 566 g/mol. The van der Waals surface area contributed by atoms with Gasteiger partial charge in [-0.1, -0.05) is 31.5 Å². The van der Waals surface area contributed by atoms with Gasteiger partial charge in [0.05, 0.1) is 29.8 Å². The van der Waals surface area contributed by atoms with Crippen LogP contribution in [0.5, 0.6) is 0 Å². The van der Waals surface area contributed by atoms with Crippen molar-refractivity contribution >= 4 is 23.5 Å². The Kier molecular flexibility index (Phi) is 7.46. The number of aliphatic carboxylic acids is 1. The lowest BCUT2D eigenvalue weighted by atomic mass is 9.74. The zero-order valence-corrected chi connectivity index (χ0v) is 23.8. The number of carbonyl (C=O) groups is 2. The van der Waals surface area contributed by atoms with E-state index in [1.54, 1.807) is 6.92 Å². The smallest absolute Gasteiger partial charge is 0.433 e. The van der Waals surface area contributed by atoms with Gasteiger partial charge < -0.3 is 15.1 Å². The molecule has 1 aromatic carbocycles. The van der Waals surface area contributed by atoms with Gasteiger partial charge in [0.1, 0.15) is 11.9 Å². The van der Waals surface area contributed by atoms with Gasteiger partial charge in [-0.3, -0.25) is 14.3 Å². The van der Waals surface area contributed by atoms with Crippen molar-refractivity contribution < 1.29 is 37.4 Å². The van der Waals surface area contributed by atoms with Crippen molar-refractivity contribution in [1.82, 2.24) is 14.7 Å². The number of rotatable bonds is 7. The summed E-state index contributed by atoms with van der Waals surface area (Å²) in [6, 6.07) is 2.72. The van der Waals surface area contributed by atoms with E-state index in [2.05, 4.69) is 18.9 Å². The predicted octanol–water partition coefficient (Wildman–Crippen LogP) is 6.51. The lowest BCUT2D eigenvalue weighted by molar-refractivity contribution is -0.152. The van der Waals surface area contributed by atoms with E-state index in [1.165, 1.54) is 17.0 Å². The molecule has 224 valence electrons. The number of hydrogen-bond donors (Lipinski definition) is 2. The Balaban J connectivity index is 1.47. The minimum absolute atomic E-state index is 0.0465. The molecule has 5 rings (SSSR count). The van der Waals surface area contributed by atoms with Crippen molar-refractivity contribution in [1.29, 1.82) is 0 Å². The largest absolute Gasteiger partial charge is 0.481 e. The molecule has 0 saturated heterocycles. The molecular formula is C29H34ClF4N3O4. The fourth-order valence-corrected chi connectivity index (χ4v) is 7.45. The summed E-state index contributed by atoms with van der Waals surface area (Å²) >= 11 is 6.14. The van der Waals surface area contributed by atoms with Crippen LogP contribution >= 0.6 is 11.6 Å². The van der Waals surface area contributed by atoms with E-state index in [9.17, 15) is 37.4 Å². The predicted molar refractivity (Wildman–Crippen MR) is 142 cm³/mol. The molecule has 0 spiro atoms. The van der Waals surface area contributed by atoms with Crippen molar-refractivity contribution in [2.45, 2.75) is 83.7 Å². The summed E-state index contributed by atoms with van der Waals surface area (Å²) in [5.74, 6) is -2.11. The van der Waals surface area contributed by atoms with E-state index in [1.807, 2.05) is 0 Å². The van der Waals surface area contributed by atoms with Crippen molar-refractivity contribution in [3.05, 3.63) is 52.1 Å². The van der Waals surface area contributed by atoms with Crippen molar-refractivity contribution in [3.8, 4) is 0 Å². The van der Waals surface area contributed by atoms with Crippen LogP contribution in [0, 0.1) is 28.5 Å². The molecule has 0 radical (unpaired) electrons. The quantitative estimate of drug-likeness (QED) is 0.354. The Hall–Kier alpha value is -2.66. The van der Waals surface area contributed by atoms with Crippen LogP contribution in [0.1, 0.15) is 93.1 Å². The molecule has 0 bridgehead atoms. The first-order valence-corrected chi connectivity index (χ1v) is 14.2. The summed E-state index contributed by atoms with van der Waals surface area (Å²) < 4.78 is 59.0. The van der Waals surface area contributed by atoms with Crippen LogP contribution in [0.4, 0.5) is 17.6 Å². The Morgan fingerprint density at radius 1 is 1.17 bits per heavy atom. The highest BCUT2D eigenvalue weighted by Gasteiger charge is 2.63. The minimum atomic E-state index is -4.92. The second kappa shape index (κ2) is 10.3. The standard InChI is InChI=1S/C29H34ClF4N3O4/c1-27(2)18-11-16(12-19(18)27)36(14-22(38)23-20(30)5-4-6-21(23)31)25(39)17-13-35-37(24(17)29(32,33)34)15-7-9-28(3,10-8-15)26(40)41/h4-6,13,15-16,18-19,22,38H,7-12,14H2,1-3H3,(H,40,41)/t15-,16-,18+,19-,22-,28-/m1/s1. The first kappa shape index (κ1) is 29.8. The topological polar surface area (TPSA) is 95.7 Å². The average molecular weight is 600 g/mol. The van der Waals surface area contributed by atoms with E-state index >= 15 is 0 Å². The van der Waals surface area contributed by atoms with Crippen molar-refractivity contribution in [2.24, 2.45) is 22.7 Å². The van der Waals surface area contributed by atoms with Crippen LogP contribution in [0.3, 0.4) is 0 Å². The van der Waals surface area contributed by atoms with E-state index in [-0.39, 0.29) is 41.7 Å². The Labute approximate surface area is 240 Å². The highest BCUT2D eigenvalue weighted by molar-refractivity contribution is 6.31. The van der Waals surface area contributed by atoms with E-state index in [0.29, 0.717) is 24.7 Å². The number of fused-ring (bicyclic) bond motifs is 1. The maximum Gasteiger partial charge on any atom is 0.433 e. The highest BCUT2D eigenvalue weighted by atomic mass is 35.5. The van der Waals surface area contributed by atoms with Gasteiger partial charge in [0.25, 0.3) is 5.91 Å². The Morgan fingerprint density at radius 2 is 1.78 bits per heavy atom. The molecule has 1 aromatic heterocycles. The van der Waals surface area contributed by atoms with Gasteiger partial charge in [0, 0.05) is 16.6 Å². The molecule has 3 aliphatic rings. The third-order valence-electron chi connectivity index (χ3n) is 9.96. The van der Waals surface area contributed by atoms with E-state index in [0.717, 1.165) is 16.9 Å². The molecule has 2 N–H and O–H groups in total. The Morgan fingerprint density at radius 3 is 2.32 bits per heavy atom. The van der Waals surface area contributed by atoms with Crippen molar-refractivity contribution in [2.75, 3.05) is 6.54 Å². The molecule has 0 aliphatic heterocycles. The number of amides is 1.